The molecule has 0 saturated carbocycles. The van der Waals surface area contributed by atoms with Crippen LogP contribution in [0.1, 0.15) is 21.5 Å². The quantitative estimate of drug-likeness (QED) is 0.601. The molecule has 0 aliphatic carbocycles. The normalized spacial score (nSPS) is 9.65. The van der Waals surface area contributed by atoms with E-state index in [4.69, 9.17) is 16.9 Å². The molecule has 0 N–H and O–H groups in total. The monoisotopic (exact) mass is 242 g/mol. The summed E-state index contributed by atoms with van der Waals surface area (Å²) in [6.07, 6.45) is 1.42. The summed E-state index contributed by atoms with van der Waals surface area (Å²) in [6.45, 7) is 0. The van der Waals surface area contributed by atoms with Crippen molar-refractivity contribution < 1.29 is 4.79 Å². The van der Waals surface area contributed by atoms with E-state index in [-0.39, 0.29) is 22.1 Å². The highest BCUT2D eigenvalue weighted by molar-refractivity contribution is 6.31. The molecule has 0 amide bonds. The van der Waals surface area contributed by atoms with E-state index in [1.807, 2.05) is 12.1 Å². The maximum atomic E-state index is 12.1. The minimum Gasteiger partial charge on any atom is -0.289 e. The van der Waals surface area contributed by atoms with Crippen molar-refractivity contribution in [2.75, 3.05) is 0 Å². The Morgan fingerprint density at radius 1 is 1.24 bits per heavy atom. The number of benzene rings is 1. The summed E-state index contributed by atoms with van der Waals surface area (Å²) in [4.78, 5) is 15.9. The molecule has 0 fully saturated rings. The van der Waals surface area contributed by atoms with Gasteiger partial charge in [-0.1, -0.05) is 41.9 Å². The lowest BCUT2D eigenvalue weighted by Crippen LogP contribution is -2.04. The van der Waals surface area contributed by atoms with Crippen molar-refractivity contribution in [3.8, 4) is 6.07 Å². The van der Waals surface area contributed by atoms with E-state index in [1.54, 1.807) is 24.3 Å². The highest BCUT2D eigenvalue weighted by Crippen LogP contribution is 2.19. The van der Waals surface area contributed by atoms with E-state index in [2.05, 4.69) is 4.98 Å². The molecule has 0 spiro atoms. The molecule has 2 aromatic rings. The van der Waals surface area contributed by atoms with Crippen molar-refractivity contribution in [1.29, 1.82) is 5.26 Å². The Labute approximate surface area is 103 Å². The van der Waals surface area contributed by atoms with Gasteiger partial charge in [0.05, 0.1) is 0 Å². The van der Waals surface area contributed by atoms with Gasteiger partial charge in [0, 0.05) is 17.3 Å². The second kappa shape index (κ2) is 4.77. The van der Waals surface area contributed by atoms with Gasteiger partial charge in [0.25, 0.3) is 0 Å². The van der Waals surface area contributed by atoms with Crippen molar-refractivity contribution in [2.45, 2.75) is 0 Å². The summed E-state index contributed by atoms with van der Waals surface area (Å²) in [5.74, 6) is -0.230. The number of carbonyl (C=O) groups excluding carboxylic acids is 1. The molecule has 4 heteroatoms. The molecular formula is C13H7ClN2O. The van der Waals surface area contributed by atoms with Gasteiger partial charge in [-0.2, -0.15) is 5.26 Å². The molecular weight excluding hydrogens is 236 g/mol. The third kappa shape index (κ3) is 2.17. The molecule has 3 nitrogen and oxygen atoms in total. The Kier molecular flexibility index (Phi) is 3.17. The number of nitriles is 1. The van der Waals surface area contributed by atoms with Crippen LogP contribution in [0.5, 0.6) is 0 Å². The van der Waals surface area contributed by atoms with E-state index in [1.165, 1.54) is 12.3 Å². The smallest absolute Gasteiger partial charge is 0.194 e. The molecule has 2 rings (SSSR count). The predicted octanol–water partition coefficient (Wildman–Crippen LogP) is 2.84. The molecule has 0 saturated heterocycles. The number of halogens is 1. The van der Waals surface area contributed by atoms with Gasteiger partial charge in [-0.3, -0.25) is 4.79 Å². The molecule has 0 radical (unpaired) electrons. The fourth-order valence-electron chi connectivity index (χ4n) is 1.48. The Balaban J connectivity index is 2.53. The minimum absolute atomic E-state index is 0.0503. The van der Waals surface area contributed by atoms with E-state index in [0.717, 1.165) is 0 Å². The zero-order chi connectivity index (χ0) is 12.3. The highest BCUT2D eigenvalue weighted by Gasteiger charge is 2.16. The molecule has 1 aromatic carbocycles. The third-order valence-corrected chi connectivity index (χ3v) is 2.58. The van der Waals surface area contributed by atoms with E-state index < -0.39 is 0 Å². The first-order chi connectivity index (χ1) is 8.24. The van der Waals surface area contributed by atoms with Crippen LogP contribution in [0.4, 0.5) is 0 Å². The zero-order valence-corrected chi connectivity index (χ0v) is 9.48. The summed E-state index contributed by atoms with van der Waals surface area (Å²) in [6, 6.07) is 12.1. The first kappa shape index (κ1) is 11.3. The van der Waals surface area contributed by atoms with Crippen LogP contribution in [0.3, 0.4) is 0 Å². The number of carbonyl (C=O) groups is 1. The fraction of sp³-hybridized carbons (Fsp3) is 0. The van der Waals surface area contributed by atoms with E-state index in [9.17, 15) is 4.79 Å². The fourth-order valence-corrected chi connectivity index (χ4v) is 1.68. The topological polar surface area (TPSA) is 53.8 Å². The van der Waals surface area contributed by atoms with Crippen LogP contribution in [0.25, 0.3) is 0 Å². The van der Waals surface area contributed by atoms with Crippen LogP contribution in [0.15, 0.2) is 42.6 Å². The second-order valence-corrected chi connectivity index (χ2v) is 3.69. The average molecular weight is 243 g/mol. The molecule has 0 aliphatic rings. The van der Waals surface area contributed by atoms with Crippen LogP contribution in [-0.2, 0) is 0 Å². The lowest BCUT2D eigenvalue weighted by Gasteiger charge is -2.03. The van der Waals surface area contributed by atoms with Crippen molar-refractivity contribution >= 4 is 17.4 Å². The number of aromatic nitrogens is 1. The minimum atomic E-state index is -0.230. The Morgan fingerprint density at radius 2 is 1.94 bits per heavy atom. The number of hydrogen-bond donors (Lipinski definition) is 0. The van der Waals surface area contributed by atoms with Crippen molar-refractivity contribution in [3.63, 3.8) is 0 Å². The lowest BCUT2D eigenvalue weighted by atomic mass is 10.0. The summed E-state index contributed by atoms with van der Waals surface area (Å²) in [7, 11) is 0. The Hall–Kier alpha value is -2.18. The molecule has 0 atom stereocenters. The van der Waals surface area contributed by atoms with Gasteiger partial charge >= 0.3 is 0 Å². The summed E-state index contributed by atoms with van der Waals surface area (Å²) < 4.78 is 0. The van der Waals surface area contributed by atoms with Gasteiger partial charge < -0.3 is 0 Å². The van der Waals surface area contributed by atoms with Crippen LogP contribution in [0, 0.1) is 11.3 Å². The summed E-state index contributed by atoms with van der Waals surface area (Å²) in [5.41, 5.74) is 0.910. The van der Waals surface area contributed by atoms with Gasteiger partial charge in [0.2, 0.25) is 0 Å². The first-order valence-electron chi connectivity index (χ1n) is 4.88. The van der Waals surface area contributed by atoms with E-state index in [0.29, 0.717) is 5.56 Å². The number of ketones is 1. The van der Waals surface area contributed by atoms with Crippen LogP contribution in [-0.4, -0.2) is 10.8 Å². The lowest BCUT2D eigenvalue weighted by molar-refractivity contribution is 0.103. The maximum absolute atomic E-state index is 12.1. The molecule has 17 heavy (non-hydrogen) atoms. The average Bonchev–Trinajstić information content (AvgIpc) is 2.38. The second-order valence-electron chi connectivity index (χ2n) is 3.33. The number of nitrogens with zero attached hydrogens (tertiary/aromatic N) is 2. The third-order valence-electron chi connectivity index (χ3n) is 2.30. The van der Waals surface area contributed by atoms with E-state index >= 15 is 0 Å². The molecule has 1 aromatic heterocycles. The number of rotatable bonds is 2. The molecule has 1 heterocycles. The van der Waals surface area contributed by atoms with Crippen molar-refractivity contribution in [3.05, 3.63) is 64.4 Å². The highest BCUT2D eigenvalue weighted by atomic mass is 35.5. The van der Waals surface area contributed by atoms with Crippen LogP contribution >= 0.6 is 11.6 Å². The van der Waals surface area contributed by atoms with Gasteiger partial charge in [0.15, 0.2) is 5.78 Å². The van der Waals surface area contributed by atoms with Crippen LogP contribution in [0.2, 0.25) is 5.15 Å². The Morgan fingerprint density at radius 3 is 2.59 bits per heavy atom. The SMILES string of the molecule is N#Cc1c(C(=O)c2ccccc2)ccnc1Cl. The van der Waals surface area contributed by atoms with Gasteiger partial charge in [-0.15, -0.1) is 0 Å². The summed E-state index contributed by atoms with van der Waals surface area (Å²) >= 11 is 5.78. The Bertz CT molecular complexity index is 603. The largest absolute Gasteiger partial charge is 0.289 e. The van der Waals surface area contributed by atoms with Crippen molar-refractivity contribution in [2.24, 2.45) is 0 Å². The molecule has 0 unspecified atom stereocenters. The van der Waals surface area contributed by atoms with Gasteiger partial charge in [-0.05, 0) is 6.07 Å². The standard InChI is InChI=1S/C13H7ClN2O/c14-13-11(8-15)10(6-7-16-13)12(17)9-4-2-1-3-5-9/h1-7H. The molecule has 82 valence electrons. The zero-order valence-electron chi connectivity index (χ0n) is 8.72. The first-order valence-corrected chi connectivity index (χ1v) is 5.26. The van der Waals surface area contributed by atoms with Gasteiger partial charge in [0.1, 0.15) is 16.8 Å². The number of hydrogen-bond acceptors (Lipinski definition) is 3. The predicted molar refractivity (Wildman–Crippen MR) is 63.8 cm³/mol. The van der Waals surface area contributed by atoms with Crippen molar-refractivity contribution in [1.82, 2.24) is 4.98 Å². The maximum Gasteiger partial charge on any atom is 0.194 e. The summed E-state index contributed by atoms with van der Waals surface area (Å²) in [5, 5.41) is 9.02. The van der Waals surface area contributed by atoms with Crippen LogP contribution < -0.4 is 0 Å². The molecule has 0 aliphatic heterocycles. The molecule has 0 bridgehead atoms. The number of pyridine rings is 1. The van der Waals surface area contributed by atoms with Gasteiger partial charge in [-0.25, -0.2) is 4.98 Å².